The lowest BCUT2D eigenvalue weighted by Crippen LogP contribution is -2.34. The molecule has 2 atom stereocenters. The van der Waals surface area contributed by atoms with Crippen LogP contribution in [-0.2, 0) is 0 Å². The summed E-state index contributed by atoms with van der Waals surface area (Å²) in [4.78, 5) is 2.67. The summed E-state index contributed by atoms with van der Waals surface area (Å²) in [6.45, 7) is 7.00. The van der Waals surface area contributed by atoms with Crippen LogP contribution >= 0.6 is 0 Å². The zero-order chi connectivity index (χ0) is 12.5. The summed E-state index contributed by atoms with van der Waals surface area (Å²) in [7, 11) is 0. The second-order valence-corrected chi connectivity index (χ2v) is 6.01. The predicted molar refractivity (Wildman–Crippen MR) is 75.7 cm³/mol. The molecule has 2 nitrogen and oxygen atoms in total. The molecule has 2 fully saturated rings. The summed E-state index contributed by atoms with van der Waals surface area (Å²) in [5.41, 5.74) is 2.77. The molecule has 3 rings (SSSR count). The number of nitrogens with one attached hydrogen (secondary N) is 1. The Hall–Kier alpha value is -0.860. The largest absolute Gasteiger partial charge is 0.306 e. The van der Waals surface area contributed by atoms with Gasteiger partial charge >= 0.3 is 0 Å². The maximum absolute atomic E-state index is 3.79. The van der Waals surface area contributed by atoms with Crippen LogP contribution in [-0.4, -0.2) is 30.1 Å². The normalized spacial score (nSPS) is 26.4. The van der Waals surface area contributed by atoms with Crippen molar-refractivity contribution in [2.45, 2.75) is 51.2 Å². The highest BCUT2D eigenvalue weighted by Crippen LogP contribution is 2.30. The third-order valence-electron chi connectivity index (χ3n) is 4.31. The molecule has 1 heterocycles. The molecule has 2 heteroatoms. The van der Waals surface area contributed by atoms with Crippen molar-refractivity contribution in [3.63, 3.8) is 0 Å². The average Bonchev–Trinajstić information content (AvgIpc) is 3.11. The van der Waals surface area contributed by atoms with E-state index in [1.165, 1.54) is 43.5 Å². The lowest BCUT2D eigenvalue weighted by atomic mass is 10.0. The molecule has 0 amide bonds. The maximum Gasteiger partial charge on any atom is 0.0294 e. The fraction of sp³-hybridized carbons (Fsp3) is 0.625. The van der Waals surface area contributed by atoms with Gasteiger partial charge in [-0.15, -0.1) is 0 Å². The van der Waals surface area contributed by atoms with Crippen molar-refractivity contribution in [1.82, 2.24) is 10.2 Å². The topological polar surface area (TPSA) is 15.3 Å². The van der Waals surface area contributed by atoms with E-state index in [1.54, 1.807) is 0 Å². The number of hydrogen-bond donors (Lipinski definition) is 1. The number of likely N-dealkylation sites (tertiary alicyclic amines) is 1. The first-order chi connectivity index (χ1) is 8.72. The molecule has 1 saturated heterocycles. The van der Waals surface area contributed by atoms with Crippen LogP contribution in [0.3, 0.4) is 0 Å². The van der Waals surface area contributed by atoms with Crippen LogP contribution in [0.5, 0.6) is 0 Å². The Balaban J connectivity index is 1.56. The molecule has 1 aromatic carbocycles. The third-order valence-corrected chi connectivity index (χ3v) is 4.31. The van der Waals surface area contributed by atoms with Crippen molar-refractivity contribution in [3.8, 4) is 0 Å². The molecule has 1 aliphatic heterocycles. The van der Waals surface area contributed by atoms with Gasteiger partial charge in [-0.2, -0.15) is 0 Å². The molecule has 2 unspecified atom stereocenters. The summed E-state index contributed by atoms with van der Waals surface area (Å²) in [5, 5.41) is 3.79. The van der Waals surface area contributed by atoms with Gasteiger partial charge in [-0.25, -0.2) is 0 Å². The molecule has 2 aliphatic rings. The Morgan fingerprint density at radius 2 is 2.11 bits per heavy atom. The van der Waals surface area contributed by atoms with Crippen LogP contribution in [0.4, 0.5) is 0 Å². The first kappa shape index (κ1) is 12.2. The van der Waals surface area contributed by atoms with Crippen molar-refractivity contribution >= 4 is 0 Å². The van der Waals surface area contributed by atoms with E-state index in [9.17, 15) is 0 Å². The van der Waals surface area contributed by atoms with Crippen LogP contribution in [0.25, 0.3) is 0 Å². The van der Waals surface area contributed by atoms with E-state index in [0.717, 1.165) is 6.04 Å². The van der Waals surface area contributed by atoms with E-state index >= 15 is 0 Å². The summed E-state index contributed by atoms with van der Waals surface area (Å²) < 4.78 is 0. The molecule has 18 heavy (non-hydrogen) atoms. The fourth-order valence-electron chi connectivity index (χ4n) is 3.08. The molecule has 1 aliphatic carbocycles. The van der Waals surface area contributed by atoms with Gasteiger partial charge in [0, 0.05) is 31.2 Å². The van der Waals surface area contributed by atoms with Gasteiger partial charge in [0.15, 0.2) is 0 Å². The van der Waals surface area contributed by atoms with Gasteiger partial charge in [-0.05, 0) is 38.7 Å². The fourth-order valence-corrected chi connectivity index (χ4v) is 3.08. The molecule has 0 aromatic heterocycles. The zero-order valence-electron chi connectivity index (χ0n) is 11.5. The lowest BCUT2D eigenvalue weighted by Gasteiger charge is -2.21. The van der Waals surface area contributed by atoms with Crippen LogP contribution in [0.1, 0.15) is 43.4 Å². The molecule has 98 valence electrons. The molecule has 1 saturated carbocycles. The second kappa shape index (κ2) is 5.02. The van der Waals surface area contributed by atoms with E-state index in [1.807, 2.05) is 0 Å². The van der Waals surface area contributed by atoms with Gasteiger partial charge in [0.2, 0.25) is 0 Å². The summed E-state index contributed by atoms with van der Waals surface area (Å²) in [6.07, 6.45) is 4.17. The quantitative estimate of drug-likeness (QED) is 0.876. The van der Waals surface area contributed by atoms with Crippen LogP contribution in [0.2, 0.25) is 0 Å². The highest BCUT2D eigenvalue weighted by molar-refractivity contribution is 5.24. The van der Waals surface area contributed by atoms with Crippen molar-refractivity contribution < 1.29 is 0 Å². The molecule has 0 radical (unpaired) electrons. The summed E-state index contributed by atoms with van der Waals surface area (Å²) in [5.74, 6) is 0. The smallest absolute Gasteiger partial charge is 0.0294 e. The first-order valence-corrected chi connectivity index (χ1v) is 7.29. The van der Waals surface area contributed by atoms with Gasteiger partial charge in [-0.1, -0.05) is 29.8 Å². The number of nitrogens with zero attached hydrogens (tertiary/aromatic N) is 1. The predicted octanol–water partition coefficient (Wildman–Crippen LogP) is 2.88. The summed E-state index contributed by atoms with van der Waals surface area (Å²) >= 11 is 0. The van der Waals surface area contributed by atoms with E-state index in [0.29, 0.717) is 12.1 Å². The molecule has 1 N–H and O–H groups in total. The Morgan fingerprint density at radius 1 is 1.28 bits per heavy atom. The maximum atomic E-state index is 3.79. The minimum absolute atomic E-state index is 0.467. The number of hydrogen-bond acceptors (Lipinski definition) is 2. The molecule has 0 spiro atoms. The van der Waals surface area contributed by atoms with Crippen LogP contribution < -0.4 is 5.32 Å². The van der Waals surface area contributed by atoms with E-state index < -0.39 is 0 Å². The number of rotatable bonds is 4. The Morgan fingerprint density at radius 3 is 2.83 bits per heavy atom. The first-order valence-electron chi connectivity index (χ1n) is 7.29. The second-order valence-electron chi connectivity index (χ2n) is 6.01. The minimum atomic E-state index is 0.467. The monoisotopic (exact) mass is 244 g/mol. The van der Waals surface area contributed by atoms with Gasteiger partial charge in [0.05, 0.1) is 0 Å². The number of aryl methyl sites for hydroxylation is 1. The SMILES string of the molecule is Cc1cccc(C(C)NC2CCN(C3CC3)C2)c1. The van der Waals surface area contributed by atoms with Crippen molar-refractivity contribution in [2.75, 3.05) is 13.1 Å². The van der Waals surface area contributed by atoms with Gasteiger partial charge < -0.3 is 5.32 Å². The van der Waals surface area contributed by atoms with Crippen LogP contribution in [0.15, 0.2) is 24.3 Å². The Kier molecular flexibility index (Phi) is 3.40. The van der Waals surface area contributed by atoms with E-state index in [-0.39, 0.29) is 0 Å². The van der Waals surface area contributed by atoms with Crippen LogP contribution in [0, 0.1) is 6.92 Å². The summed E-state index contributed by atoms with van der Waals surface area (Å²) in [6, 6.07) is 10.9. The molecular formula is C16H24N2. The highest BCUT2D eigenvalue weighted by Gasteiger charge is 2.34. The average molecular weight is 244 g/mol. The molecule has 0 bridgehead atoms. The van der Waals surface area contributed by atoms with Gasteiger partial charge in [-0.3, -0.25) is 4.90 Å². The van der Waals surface area contributed by atoms with Gasteiger partial charge in [0.25, 0.3) is 0 Å². The van der Waals surface area contributed by atoms with Crippen molar-refractivity contribution in [3.05, 3.63) is 35.4 Å². The molecule has 1 aromatic rings. The molecular weight excluding hydrogens is 220 g/mol. The van der Waals surface area contributed by atoms with Crippen molar-refractivity contribution in [1.29, 1.82) is 0 Å². The third kappa shape index (κ3) is 2.76. The Bertz CT molecular complexity index is 411. The lowest BCUT2D eigenvalue weighted by molar-refractivity contribution is 0.313. The minimum Gasteiger partial charge on any atom is -0.306 e. The van der Waals surface area contributed by atoms with Crippen molar-refractivity contribution in [2.24, 2.45) is 0 Å². The highest BCUT2D eigenvalue weighted by atomic mass is 15.2. The van der Waals surface area contributed by atoms with Gasteiger partial charge in [0.1, 0.15) is 0 Å². The zero-order valence-corrected chi connectivity index (χ0v) is 11.5. The Labute approximate surface area is 110 Å². The number of benzene rings is 1. The van der Waals surface area contributed by atoms with E-state index in [4.69, 9.17) is 0 Å². The standard InChI is InChI=1S/C16H24N2/c1-12-4-3-5-14(10-12)13(2)17-15-8-9-18(11-15)16-6-7-16/h3-5,10,13,15-17H,6-9,11H2,1-2H3. The van der Waals surface area contributed by atoms with E-state index in [2.05, 4.69) is 48.3 Å².